The van der Waals surface area contributed by atoms with Gasteiger partial charge in [0.2, 0.25) is 0 Å². The average molecular weight is 250 g/mol. The van der Waals surface area contributed by atoms with Crippen LogP contribution in [0.25, 0.3) is 0 Å². The second-order valence-electron chi connectivity index (χ2n) is 4.96. The third kappa shape index (κ3) is 3.66. The van der Waals surface area contributed by atoms with Crippen molar-refractivity contribution in [1.82, 2.24) is 0 Å². The largest absolute Gasteiger partial charge is 0.353 e. The number of benzene rings is 1. The van der Waals surface area contributed by atoms with Crippen LogP contribution in [0.4, 0.5) is 0 Å². The lowest BCUT2D eigenvalue weighted by Crippen LogP contribution is -2.29. The maximum atomic E-state index is 5.86. The van der Waals surface area contributed by atoms with Crippen molar-refractivity contribution < 1.29 is 9.47 Å². The topological polar surface area (TPSA) is 18.5 Å². The lowest BCUT2D eigenvalue weighted by molar-refractivity contribution is -0.168. The van der Waals surface area contributed by atoms with Gasteiger partial charge < -0.3 is 9.47 Å². The summed E-state index contributed by atoms with van der Waals surface area (Å²) < 4.78 is 11.4. The Hall–Kier alpha value is -0.643. The van der Waals surface area contributed by atoms with E-state index in [1.807, 2.05) is 0 Å². The van der Waals surface area contributed by atoms with Gasteiger partial charge in [-0.1, -0.05) is 42.5 Å². The Morgan fingerprint density at radius 1 is 1.29 bits per heavy atom. The Morgan fingerprint density at radius 3 is 2.82 bits per heavy atom. The Bertz CT molecular complexity index is 346. The normalized spacial score (nSPS) is 20.8. The molecular weight excluding hydrogens is 228 g/mol. The fourth-order valence-corrected chi connectivity index (χ4v) is 3.67. The van der Waals surface area contributed by atoms with Crippen LogP contribution in [-0.2, 0) is 16.1 Å². The highest BCUT2D eigenvalue weighted by atomic mass is 28.3. The molecule has 1 aliphatic heterocycles. The van der Waals surface area contributed by atoms with Crippen molar-refractivity contribution in [3.8, 4) is 0 Å². The summed E-state index contributed by atoms with van der Waals surface area (Å²) in [6, 6.07) is 8.66. The summed E-state index contributed by atoms with van der Waals surface area (Å²) in [7, 11) is -0.763. The SMILES string of the molecule is C[SiH](C)c1ccccc1COC1CCCCO1. The summed E-state index contributed by atoms with van der Waals surface area (Å²) in [5, 5.41) is 1.52. The molecule has 1 aromatic carbocycles. The van der Waals surface area contributed by atoms with Crippen molar-refractivity contribution in [1.29, 1.82) is 0 Å². The van der Waals surface area contributed by atoms with E-state index in [0.717, 1.165) is 13.0 Å². The minimum absolute atomic E-state index is 0.0191. The molecule has 0 spiro atoms. The summed E-state index contributed by atoms with van der Waals surface area (Å²) in [5.74, 6) is 0. The average Bonchev–Trinajstić information content (AvgIpc) is 2.38. The zero-order valence-corrected chi connectivity index (χ0v) is 12.0. The molecule has 2 rings (SSSR count). The van der Waals surface area contributed by atoms with Crippen LogP contribution in [0.5, 0.6) is 0 Å². The van der Waals surface area contributed by atoms with Crippen LogP contribution >= 0.6 is 0 Å². The molecule has 1 aliphatic rings. The zero-order valence-electron chi connectivity index (χ0n) is 10.8. The molecule has 1 fully saturated rings. The van der Waals surface area contributed by atoms with E-state index < -0.39 is 8.80 Å². The van der Waals surface area contributed by atoms with E-state index in [1.165, 1.54) is 23.6 Å². The summed E-state index contributed by atoms with van der Waals surface area (Å²) in [6.45, 7) is 6.27. The lowest BCUT2D eigenvalue weighted by Gasteiger charge is -2.23. The molecule has 94 valence electrons. The molecular formula is C14H22O2Si. The fraction of sp³-hybridized carbons (Fsp3) is 0.571. The van der Waals surface area contributed by atoms with Gasteiger partial charge in [-0.05, 0) is 24.8 Å². The second kappa shape index (κ2) is 6.33. The number of rotatable bonds is 4. The molecule has 1 aromatic rings. The third-order valence-corrected chi connectivity index (χ3v) is 5.05. The fourth-order valence-electron chi connectivity index (χ4n) is 2.25. The van der Waals surface area contributed by atoms with Crippen molar-refractivity contribution in [2.75, 3.05) is 6.61 Å². The van der Waals surface area contributed by atoms with Gasteiger partial charge in [0.05, 0.1) is 15.4 Å². The summed E-state index contributed by atoms with van der Waals surface area (Å²) in [4.78, 5) is 0. The standard InChI is InChI=1S/C14H22O2Si/c1-17(2)13-8-4-3-7-12(13)11-16-14-9-5-6-10-15-14/h3-4,7-8,14,17H,5-6,9-11H2,1-2H3. The van der Waals surface area contributed by atoms with Crippen LogP contribution in [0.3, 0.4) is 0 Å². The highest BCUT2D eigenvalue weighted by molar-refractivity contribution is 6.71. The van der Waals surface area contributed by atoms with Crippen molar-refractivity contribution in [3.63, 3.8) is 0 Å². The molecule has 1 unspecified atom stereocenters. The first-order valence-electron chi connectivity index (χ1n) is 6.58. The quantitative estimate of drug-likeness (QED) is 0.764. The Labute approximate surface area is 106 Å². The molecule has 0 saturated carbocycles. The number of ether oxygens (including phenoxy) is 2. The van der Waals surface area contributed by atoms with Crippen LogP contribution in [0.2, 0.25) is 13.1 Å². The molecule has 3 heteroatoms. The zero-order chi connectivity index (χ0) is 12.1. The van der Waals surface area contributed by atoms with E-state index in [-0.39, 0.29) is 6.29 Å². The van der Waals surface area contributed by atoms with Crippen LogP contribution in [0.15, 0.2) is 24.3 Å². The minimum atomic E-state index is -0.763. The van der Waals surface area contributed by atoms with Gasteiger partial charge in [-0.15, -0.1) is 0 Å². The van der Waals surface area contributed by atoms with Gasteiger partial charge in [-0.3, -0.25) is 0 Å². The predicted molar refractivity (Wildman–Crippen MR) is 73.3 cm³/mol. The van der Waals surface area contributed by atoms with Gasteiger partial charge in [0.25, 0.3) is 0 Å². The Morgan fingerprint density at radius 2 is 2.12 bits per heavy atom. The molecule has 1 heterocycles. The van der Waals surface area contributed by atoms with Crippen LogP contribution in [-0.4, -0.2) is 21.7 Å². The molecule has 0 aromatic heterocycles. The van der Waals surface area contributed by atoms with Gasteiger partial charge in [-0.25, -0.2) is 0 Å². The first-order chi connectivity index (χ1) is 8.27. The van der Waals surface area contributed by atoms with Crippen molar-refractivity contribution in [2.24, 2.45) is 0 Å². The third-order valence-electron chi connectivity index (χ3n) is 3.24. The van der Waals surface area contributed by atoms with Crippen molar-refractivity contribution in [3.05, 3.63) is 29.8 Å². The van der Waals surface area contributed by atoms with E-state index in [4.69, 9.17) is 9.47 Å². The molecule has 0 amide bonds. The molecule has 1 saturated heterocycles. The highest BCUT2D eigenvalue weighted by Gasteiger charge is 2.15. The summed E-state index contributed by atoms with van der Waals surface area (Å²) in [5.41, 5.74) is 1.35. The van der Waals surface area contributed by atoms with E-state index in [9.17, 15) is 0 Å². The van der Waals surface area contributed by atoms with Crippen molar-refractivity contribution >= 4 is 14.0 Å². The monoisotopic (exact) mass is 250 g/mol. The Kier molecular flexibility index (Phi) is 4.77. The molecule has 1 atom stereocenters. The molecule has 0 bridgehead atoms. The number of hydrogen-bond acceptors (Lipinski definition) is 2. The van der Waals surface area contributed by atoms with Gasteiger partial charge in [0.15, 0.2) is 6.29 Å². The molecule has 2 nitrogen and oxygen atoms in total. The molecule has 0 radical (unpaired) electrons. The van der Waals surface area contributed by atoms with Gasteiger partial charge in [-0.2, -0.15) is 0 Å². The smallest absolute Gasteiger partial charge is 0.158 e. The van der Waals surface area contributed by atoms with E-state index in [1.54, 1.807) is 0 Å². The first kappa shape index (κ1) is 12.8. The van der Waals surface area contributed by atoms with Gasteiger partial charge in [0.1, 0.15) is 0 Å². The second-order valence-corrected chi connectivity index (χ2v) is 7.89. The molecule has 17 heavy (non-hydrogen) atoms. The summed E-state index contributed by atoms with van der Waals surface area (Å²) in [6.07, 6.45) is 3.47. The van der Waals surface area contributed by atoms with Gasteiger partial charge >= 0.3 is 0 Å². The van der Waals surface area contributed by atoms with Crippen LogP contribution in [0, 0.1) is 0 Å². The summed E-state index contributed by atoms with van der Waals surface area (Å²) >= 11 is 0. The van der Waals surface area contributed by atoms with Crippen LogP contribution in [0.1, 0.15) is 24.8 Å². The maximum Gasteiger partial charge on any atom is 0.158 e. The minimum Gasteiger partial charge on any atom is -0.353 e. The molecule has 0 N–H and O–H groups in total. The lowest BCUT2D eigenvalue weighted by atomic mass is 10.2. The first-order valence-corrected chi connectivity index (χ1v) is 9.47. The maximum absolute atomic E-state index is 5.86. The Balaban J connectivity index is 1.93. The van der Waals surface area contributed by atoms with Gasteiger partial charge in [0, 0.05) is 6.61 Å². The van der Waals surface area contributed by atoms with E-state index in [2.05, 4.69) is 37.4 Å². The molecule has 0 aliphatic carbocycles. The number of hydrogen-bond donors (Lipinski definition) is 0. The predicted octanol–water partition coefficient (Wildman–Crippen LogP) is 2.42. The van der Waals surface area contributed by atoms with Crippen LogP contribution < -0.4 is 5.19 Å². The van der Waals surface area contributed by atoms with Crippen molar-refractivity contribution in [2.45, 2.75) is 45.3 Å². The van der Waals surface area contributed by atoms with E-state index >= 15 is 0 Å². The van der Waals surface area contributed by atoms with E-state index in [0.29, 0.717) is 6.61 Å². The highest BCUT2D eigenvalue weighted by Crippen LogP contribution is 2.15.